The number of carbonyl (C=O) groups is 4. The number of aldehydes is 2. The fourth-order valence-corrected chi connectivity index (χ4v) is 5.79. The highest BCUT2D eigenvalue weighted by Crippen LogP contribution is 2.35. The van der Waals surface area contributed by atoms with Crippen LogP contribution in [-0.4, -0.2) is 108 Å². The SMILES string of the molecule is C=O.CCn1nc(C)c(N)c1-c1nc2cc(C=O)cc(OCCO)c2n1C/C=C/Cn1c(NC)nc2cc(C(N)=O)cnc21.CCn1nc(C)cc1C=O.CN.CN. The number of pyridine rings is 1. The number of imidazole rings is 2. The van der Waals surface area contributed by atoms with Crippen LogP contribution in [0.2, 0.25) is 0 Å². The number of amides is 1. The average molecular weight is 803 g/mol. The van der Waals surface area contributed by atoms with Crippen molar-refractivity contribution in [3.8, 4) is 17.3 Å². The number of carbonyl (C=O) groups excluding carboxylic acids is 4. The van der Waals surface area contributed by atoms with Gasteiger partial charge in [-0.05, 0) is 66.1 Å². The van der Waals surface area contributed by atoms with E-state index in [0.717, 1.165) is 24.8 Å². The van der Waals surface area contributed by atoms with E-state index in [9.17, 15) is 19.5 Å². The van der Waals surface area contributed by atoms with E-state index in [-0.39, 0.29) is 18.8 Å². The molecule has 0 saturated carbocycles. The van der Waals surface area contributed by atoms with Gasteiger partial charge in [0.2, 0.25) is 11.9 Å². The van der Waals surface area contributed by atoms with Gasteiger partial charge in [0.25, 0.3) is 0 Å². The number of aromatic nitrogens is 9. The van der Waals surface area contributed by atoms with Crippen LogP contribution >= 0.6 is 0 Å². The molecule has 5 heterocycles. The Kier molecular flexibility index (Phi) is 19.1. The molecule has 0 unspecified atom stereocenters. The van der Waals surface area contributed by atoms with Crippen molar-refractivity contribution in [3.05, 3.63) is 70.8 Å². The summed E-state index contributed by atoms with van der Waals surface area (Å²) < 4.78 is 13.2. The third kappa shape index (κ3) is 10.7. The first-order valence-electron chi connectivity index (χ1n) is 18.1. The number of hydrogen-bond acceptors (Lipinski definition) is 15. The molecule has 0 bridgehead atoms. The van der Waals surface area contributed by atoms with Crippen LogP contribution in [0.3, 0.4) is 0 Å². The normalized spacial score (nSPS) is 10.4. The molecule has 6 rings (SSSR count). The fourth-order valence-electron chi connectivity index (χ4n) is 5.79. The zero-order valence-corrected chi connectivity index (χ0v) is 34.0. The van der Waals surface area contributed by atoms with E-state index in [2.05, 4.69) is 36.9 Å². The average Bonchev–Trinajstić information content (AvgIpc) is 4.00. The summed E-state index contributed by atoms with van der Waals surface area (Å²) in [6.45, 7) is 11.6. The summed E-state index contributed by atoms with van der Waals surface area (Å²) in [4.78, 5) is 55.4. The molecule has 0 aliphatic carbocycles. The van der Waals surface area contributed by atoms with Gasteiger partial charge >= 0.3 is 0 Å². The predicted octanol–water partition coefficient (Wildman–Crippen LogP) is 2.12. The van der Waals surface area contributed by atoms with E-state index in [1.165, 1.54) is 20.3 Å². The minimum Gasteiger partial charge on any atom is -0.489 e. The molecule has 0 fully saturated rings. The summed E-state index contributed by atoms with van der Waals surface area (Å²) >= 11 is 0. The lowest BCUT2D eigenvalue weighted by Gasteiger charge is -2.12. The van der Waals surface area contributed by atoms with Crippen molar-refractivity contribution in [3.63, 3.8) is 0 Å². The molecule has 312 valence electrons. The lowest BCUT2D eigenvalue weighted by Crippen LogP contribution is -2.11. The number of allylic oxidation sites excluding steroid dienone is 2. The van der Waals surface area contributed by atoms with Gasteiger partial charge < -0.3 is 47.5 Å². The zero-order chi connectivity index (χ0) is 43.5. The van der Waals surface area contributed by atoms with E-state index in [1.807, 2.05) is 55.8 Å². The van der Waals surface area contributed by atoms with Crippen molar-refractivity contribution in [2.45, 2.75) is 53.9 Å². The summed E-state index contributed by atoms with van der Waals surface area (Å²) in [5.74, 6) is 0.988. The van der Waals surface area contributed by atoms with Crippen LogP contribution in [-0.2, 0) is 31.0 Å². The molecular weight excluding hydrogens is 749 g/mol. The number of nitrogen functional groups attached to an aromatic ring is 1. The molecule has 5 aromatic heterocycles. The van der Waals surface area contributed by atoms with Crippen molar-refractivity contribution in [2.24, 2.45) is 17.2 Å². The Bertz CT molecular complexity index is 2300. The van der Waals surface area contributed by atoms with Gasteiger partial charge in [-0.2, -0.15) is 10.2 Å². The van der Waals surface area contributed by atoms with E-state index in [1.54, 1.807) is 40.7 Å². The molecule has 1 amide bonds. The van der Waals surface area contributed by atoms with Crippen LogP contribution in [0.5, 0.6) is 5.75 Å². The number of benzene rings is 1. The number of nitrogens with zero attached hydrogens (tertiary/aromatic N) is 9. The highest BCUT2D eigenvalue weighted by atomic mass is 16.5. The van der Waals surface area contributed by atoms with Gasteiger partial charge in [-0.1, -0.05) is 12.2 Å². The number of hydrogen-bond donors (Lipinski definition) is 6. The number of nitrogens with one attached hydrogen (secondary N) is 1. The van der Waals surface area contributed by atoms with E-state index >= 15 is 0 Å². The zero-order valence-electron chi connectivity index (χ0n) is 34.0. The maximum absolute atomic E-state index is 11.7. The topological polar surface area (TPSA) is 298 Å². The maximum Gasteiger partial charge on any atom is 0.250 e. The van der Waals surface area contributed by atoms with Gasteiger partial charge in [-0.25, -0.2) is 15.0 Å². The summed E-state index contributed by atoms with van der Waals surface area (Å²) in [6.07, 6.45) is 6.91. The van der Waals surface area contributed by atoms with Crippen molar-refractivity contribution in [1.82, 2.24) is 43.6 Å². The maximum atomic E-state index is 11.7. The molecule has 20 nitrogen and oxygen atoms in total. The van der Waals surface area contributed by atoms with Crippen LogP contribution in [0, 0.1) is 13.8 Å². The van der Waals surface area contributed by atoms with E-state index < -0.39 is 5.91 Å². The van der Waals surface area contributed by atoms with Gasteiger partial charge in [0, 0.05) is 45.0 Å². The van der Waals surface area contributed by atoms with Gasteiger partial charge in [0.05, 0.1) is 34.8 Å². The third-order valence-electron chi connectivity index (χ3n) is 8.19. The first kappa shape index (κ1) is 47.4. The van der Waals surface area contributed by atoms with Gasteiger partial charge in [0.15, 0.2) is 17.8 Å². The first-order valence-corrected chi connectivity index (χ1v) is 18.1. The number of aryl methyl sites for hydroxylation is 4. The molecule has 0 atom stereocenters. The largest absolute Gasteiger partial charge is 0.489 e. The predicted molar refractivity (Wildman–Crippen MR) is 224 cm³/mol. The Balaban J connectivity index is 0.000000617. The van der Waals surface area contributed by atoms with Crippen LogP contribution < -0.4 is 33.0 Å². The number of aliphatic hydroxyl groups is 1. The fraction of sp³-hybridized carbons (Fsp3) is 0.342. The van der Waals surface area contributed by atoms with Gasteiger partial charge in [-0.3, -0.25) is 28.3 Å². The summed E-state index contributed by atoms with van der Waals surface area (Å²) in [5, 5.41) is 21.1. The van der Waals surface area contributed by atoms with Crippen molar-refractivity contribution in [1.29, 1.82) is 0 Å². The number of nitrogens with two attached hydrogens (primary N) is 4. The summed E-state index contributed by atoms with van der Waals surface area (Å²) in [5.41, 5.74) is 27.3. The van der Waals surface area contributed by atoms with Crippen LogP contribution in [0.4, 0.5) is 11.6 Å². The van der Waals surface area contributed by atoms with E-state index in [0.29, 0.717) is 87.7 Å². The molecule has 1 aromatic carbocycles. The quantitative estimate of drug-likeness (QED) is 0.0679. The smallest absolute Gasteiger partial charge is 0.250 e. The highest BCUT2D eigenvalue weighted by molar-refractivity contribution is 5.95. The van der Waals surface area contributed by atoms with E-state index in [4.69, 9.17) is 26.0 Å². The van der Waals surface area contributed by atoms with Crippen LogP contribution in [0.1, 0.15) is 56.4 Å². The first-order chi connectivity index (χ1) is 28.1. The molecule has 20 heteroatoms. The molecule has 58 heavy (non-hydrogen) atoms. The molecule has 0 aliphatic rings. The van der Waals surface area contributed by atoms with Gasteiger partial charge in [-0.15, -0.1) is 0 Å². The Morgan fingerprint density at radius 1 is 0.914 bits per heavy atom. The standard InChI is InChI=1S/C28H32N10O4.C7H10N2O.2CH5N.CH2O/c1-4-38-24(22(29)16(2)35-38)27-33-19-11-17(15-40)12-21(42-10-9-39)23(19)36(27)7-5-6-8-37-26-20(34-28(37)31-3)13-18(14-32-26)25(30)41;1-3-9-7(5-10)4-6(2)8-9;3*1-2/h5-6,11-15,39H,4,7-10,29H2,1-3H3,(H2,30,41)(H,31,34);4-5H,3H2,1-2H3;2*2H2,1H3;1H2/b6-5+;;;;. The third-order valence-corrected chi connectivity index (χ3v) is 8.19. The molecular formula is C38H54N14O6. The number of rotatable bonds is 14. The van der Waals surface area contributed by atoms with Crippen molar-refractivity contribution < 1.29 is 29.0 Å². The highest BCUT2D eigenvalue weighted by Gasteiger charge is 2.23. The Hall–Kier alpha value is -6.77. The minimum atomic E-state index is -0.573. The second-order valence-electron chi connectivity index (χ2n) is 11.6. The molecule has 0 spiro atoms. The Morgan fingerprint density at radius 3 is 2.12 bits per heavy atom. The van der Waals surface area contributed by atoms with Crippen molar-refractivity contribution in [2.75, 3.05) is 45.4 Å². The second-order valence-corrected chi connectivity index (χ2v) is 11.6. The number of anilines is 2. The lowest BCUT2D eigenvalue weighted by atomic mass is 10.2. The number of aliphatic hydroxyl groups excluding tert-OH is 1. The number of ether oxygens (including phenoxy) is 1. The molecule has 6 aromatic rings. The minimum absolute atomic E-state index is 0.0485. The summed E-state index contributed by atoms with van der Waals surface area (Å²) in [7, 11) is 4.76. The molecule has 10 N–H and O–H groups in total. The molecule has 0 radical (unpaired) electrons. The van der Waals surface area contributed by atoms with Crippen LogP contribution in [0.25, 0.3) is 33.7 Å². The monoisotopic (exact) mass is 802 g/mol. The number of fused-ring (bicyclic) bond motifs is 2. The van der Waals surface area contributed by atoms with Crippen molar-refractivity contribution >= 4 is 59.1 Å². The number of primary amides is 1. The Morgan fingerprint density at radius 2 is 1.57 bits per heavy atom. The molecule has 0 aliphatic heterocycles. The second kappa shape index (κ2) is 23.3. The lowest BCUT2D eigenvalue weighted by molar-refractivity contribution is -0.0980. The molecule has 0 saturated heterocycles. The Labute approximate surface area is 335 Å². The van der Waals surface area contributed by atoms with Gasteiger partial charge in [0.1, 0.15) is 47.9 Å². The van der Waals surface area contributed by atoms with Crippen LogP contribution in [0.15, 0.2) is 42.6 Å². The summed E-state index contributed by atoms with van der Waals surface area (Å²) in [6, 6.07) is 6.71.